The molecular formula is C20H20F2N2O3. The highest BCUT2D eigenvalue weighted by Crippen LogP contribution is 2.29. The molecule has 1 heterocycles. The Kier molecular flexibility index (Phi) is 5.69. The Bertz CT molecular complexity index is 838. The number of hydrogen-bond donors (Lipinski definition) is 1. The monoisotopic (exact) mass is 374 g/mol. The topological polar surface area (TPSA) is 58.6 Å². The molecule has 0 aromatic heterocycles. The molecule has 0 spiro atoms. The van der Waals surface area contributed by atoms with E-state index >= 15 is 0 Å². The van der Waals surface area contributed by atoms with Crippen molar-refractivity contribution in [3.63, 3.8) is 0 Å². The number of fused-ring (bicyclic) bond motifs is 1. The summed E-state index contributed by atoms with van der Waals surface area (Å²) in [7, 11) is 0. The molecule has 1 N–H and O–H groups in total. The number of benzene rings is 2. The number of nitrogens with zero attached hydrogens (tertiary/aromatic N) is 1. The standard InChI is InChI=1S/C20H20F2N2O3/c1-13(25)24-10-2-3-15-12-16(6-9-18(15)24)23-19(26)11-14-4-7-17(8-5-14)27-20(21)22/h4-9,12,20H,2-3,10-11H2,1H3,(H,23,26). The fourth-order valence-corrected chi connectivity index (χ4v) is 3.18. The Morgan fingerprint density at radius 1 is 1.19 bits per heavy atom. The van der Waals surface area contributed by atoms with Crippen molar-refractivity contribution in [1.82, 2.24) is 0 Å². The number of carbonyl (C=O) groups is 2. The Labute approximate surface area is 155 Å². The van der Waals surface area contributed by atoms with E-state index in [9.17, 15) is 18.4 Å². The van der Waals surface area contributed by atoms with E-state index < -0.39 is 6.61 Å². The third kappa shape index (κ3) is 4.81. The summed E-state index contributed by atoms with van der Waals surface area (Å²) in [6.07, 6.45) is 1.86. The van der Waals surface area contributed by atoms with Crippen molar-refractivity contribution in [2.24, 2.45) is 0 Å². The van der Waals surface area contributed by atoms with Crippen LogP contribution in [0.1, 0.15) is 24.5 Å². The van der Waals surface area contributed by atoms with Gasteiger partial charge in [-0.2, -0.15) is 8.78 Å². The van der Waals surface area contributed by atoms with Gasteiger partial charge >= 0.3 is 6.61 Å². The highest BCUT2D eigenvalue weighted by molar-refractivity contribution is 5.95. The molecule has 0 aliphatic carbocycles. The third-order valence-corrected chi connectivity index (χ3v) is 4.38. The number of rotatable bonds is 5. The number of ether oxygens (including phenoxy) is 1. The van der Waals surface area contributed by atoms with Crippen LogP contribution < -0.4 is 15.0 Å². The van der Waals surface area contributed by atoms with Gasteiger partial charge in [-0.3, -0.25) is 9.59 Å². The van der Waals surface area contributed by atoms with Crippen LogP contribution in [0, 0.1) is 0 Å². The molecule has 2 amide bonds. The Hall–Kier alpha value is -2.96. The quantitative estimate of drug-likeness (QED) is 0.867. The second-order valence-corrected chi connectivity index (χ2v) is 6.37. The largest absolute Gasteiger partial charge is 0.435 e. The predicted octanol–water partition coefficient (Wildman–Crippen LogP) is 3.77. The molecule has 142 valence electrons. The first-order chi connectivity index (χ1) is 12.9. The van der Waals surface area contributed by atoms with Crippen molar-refractivity contribution in [2.45, 2.75) is 32.8 Å². The van der Waals surface area contributed by atoms with Crippen molar-refractivity contribution in [3.8, 4) is 5.75 Å². The van der Waals surface area contributed by atoms with E-state index in [0.717, 1.165) is 24.1 Å². The number of hydrogen-bond acceptors (Lipinski definition) is 3. The number of nitrogens with one attached hydrogen (secondary N) is 1. The minimum absolute atomic E-state index is 0.00649. The van der Waals surface area contributed by atoms with E-state index in [4.69, 9.17) is 0 Å². The first-order valence-corrected chi connectivity index (χ1v) is 8.67. The van der Waals surface area contributed by atoms with Gasteiger partial charge in [0.15, 0.2) is 0 Å². The van der Waals surface area contributed by atoms with Crippen LogP contribution in [0.4, 0.5) is 20.2 Å². The van der Waals surface area contributed by atoms with Crippen molar-refractivity contribution in [2.75, 3.05) is 16.8 Å². The molecule has 0 unspecified atom stereocenters. The van der Waals surface area contributed by atoms with Crippen LogP contribution in [0.2, 0.25) is 0 Å². The van der Waals surface area contributed by atoms with Crippen LogP contribution in [-0.2, 0) is 22.4 Å². The smallest absolute Gasteiger partial charge is 0.387 e. The highest BCUT2D eigenvalue weighted by atomic mass is 19.3. The van der Waals surface area contributed by atoms with Gasteiger partial charge in [-0.1, -0.05) is 12.1 Å². The van der Waals surface area contributed by atoms with Gasteiger partial charge < -0.3 is 15.0 Å². The lowest BCUT2D eigenvalue weighted by Crippen LogP contribution is -2.33. The van der Waals surface area contributed by atoms with Crippen LogP contribution in [0.5, 0.6) is 5.75 Å². The maximum atomic E-state index is 12.3. The van der Waals surface area contributed by atoms with Gasteiger partial charge in [0.2, 0.25) is 11.8 Å². The summed E-state index contributed by atoms with van der Waals surface area (Å²) in [6, 6.07) is 11.5. The first-order valence-electron chi connectivity index (χ1n) is 8.67. The lowest BCUT2D eigenvalue weighted by Gasteiger charge is -2.29. The summed E-state index contributed by atoms with van der Waals surface area (Å²) in [6.45, 7) is -0.621. The van der Waals surface area contributed by atoms with Gasteiger partial charge in [-0.05, 0) is 54.3 Å². The van der Waals surface area contributed by atoms with E-state index in [0.29, 0.717) is 17.8 Å². The van der Waals surface area contributed by atoms with Crippen molar-refractivity contribution in [1.29, 1.82) is 0 Å². The Balaban J connectivity index is 1.63. The predicted molar refractivity (Wildman–Crippen MR) is 98.2 cm³/mol. The molecule has 1 aliphatic rings. The summed E-state index contributed by atoms with van der Waals surface area (Å²) in [5.74, 6) is -0.150. The number of anilines is 2. The minimum atomic E-state index is -2.87. The number of alkyl halides is 2. The van der Waals surface area contributed by atoms with Crippen molar-refractivity contribution in [3.05, 3.63) is 53.6 Å². The molecule has 0 saturated carbocycles. The maximum absolute atomic E-state index is 12.3. The van der Waals surface area contributed by atoms with E-state index in [1.165, 1.54) is 12.1 Å². The lowest BCUT2D eigenvalue weighted by atomic mass is 10.0. The molecule has 2 aromatic rings. The van der Waals surface area contributed by atoms with E-state index in [-0.39, 0.29) is 24.0 Å². The summed E-state index contributed by atoms with van der Waals surface area (Å²) in [4.78, 5) is 25.7. The Morgan fingerprint density at radius 3 is 2.59 bits per heavy atom. The normalized spacial score (nSPS) is 13.3. The van der Waals surface area contributed by atoms with Crippen LogP contribution in [0.25, 0.3) is 0 Å². The van der Waals surface area contributed by atoms with E-state index in [1.54, 1.807) is 30.0 Å². The molecule has 0 saturated heterocycles. The van der Waals surface area contributed by atoms with Crippen molar-refractivity contribution < 1.29 is 23.1 Å². The number of amides is 2. The second kappa shape index (κ2) is 8.16. The highest BCUT2D eigenvalue weighted by Gasteiger charge is 2.20. The minimum Gasteiger partial charge on any atom is -0.435 e. The molecule has 0 atom stereocenters. The molecule has 0 fully saturated rings. The zero-order valence-corrected chi connectivity index (χ0v) is 14.9. The zero-order chi connectivity index (χ0) is 19.4. The van der Waals surface area contributed by atoms with E-state index in [1.807, 2.05) is 12.1 Å². The third-order valence-electron chi connectivity index (χ3n) is 4.38. The molecule has 0 radical (unpaired) electrons. The van der Waals surface area contributed by atoms with Gasteiger partial charge in [-0.25, -0.2) is 0 Å². The summed E-state index contributed by atoms with van der Waals surface area (Å²) >= 11 is 0. The Morgan fingerprint density at radius 2 is 1.93 bits per heavy atom. The van der Waals surface area contributed by atoms with Crippen molar-refractivity contribution >= 4 is 23.2 Å². The van der Waals surface area contributed by atoms with Crippen LogP contribution in [0.3, 0.4) is 0 Å². The van der Waals surface area contributed by atoms with E-state index in [2.05, 4.69) is 10.1 Å². The number of carbonyl (C=O) groups excluding carboxylic acids is 2. The van der Waals surface area contributed by atoms with Gasteiger partial charge in [0.25, 0.3) is 0 Å². The second-order valence-electron chi connectivity index (χ2n) is 6.37. The molecule has 27 heavy (non-hydrogen) atoms. The molecule has 7 heteroatoms. The van der Waals surface area contributed by atoms with Gasteiger partial charge in [-0.15, -0.1) is 0 Å². The number of aryl methyl sites for hydroxylation is 1. The summed E-state index contributed by atoms with van der Waals surface area (Å²) in [5.41, 5.74) is 3.28. The lowest BCUT2D eigenvalue weighted by molar-refractivity contribution is -0.117. The average molecular weight is 374 g/mol. The van der Waals surface area contributed by atoms with Gasteiger partial charge in [0.05, 0.1) is 6.42 Å². The van der Waals surface area contributed by atoms with Crippen LogP contribution in [0.15, 0.2) is 42.5 Å². The van der Waals surface area contributed by atoms with Gasteiger partial charge in [0.1, 0.15) is 5.75 Å². The van der Waals surface area contributed by atoms with Crippen LogP contribution in [-0.4, -0.2) is 25.0 Å². The fraction of sp³-hybridized carbons (Fsp3) is 0.300. The zero-order valence-electron chi connectivity index (χ0n) is 14.9. The summed E-state index contributed by atoms with van der Waals surface area (Å²) < 4.78 is 28.6. The maximum Gasteiger partial charge on any atom is 0.387 e. The average Bonchev–Trinajstić information content (AvgIpc) is 2.62. The summed E-state index contributed by atoms with van der Waals surface area (Å²) in [5, 5.41) is 2.84. The molecule has 3 rings (SSSR count). The molecular weight excluding hydrogens is 354 g/mol. The SMILES string of the molecule is CC(=O)N1CCCc2cc(NC(=O)Cc3ccc(OC(F)F)cc3)ccc21. The fourth-order valence-electron chi connectivity index (χ4n) is 3.18. The number of halogens is 2. The van der Waals surface area contributed by atoms with Gasteiger partial charge in [0, 0.05) is 24.8 Å². The molecule has 0 bridgehead atoms. The molecule has 1 aliphatic heterocycles. The molecule has 5 nitrogen and oxygen atoms in total. The van der Waals surface area contributed by atoms with Crippen LogP contribution >= 0.6 is 0 Å². The molecule has 2 aromatic carbocycles. The first kappa shape index (κ1) is 18.8.